The third-order valence-corrected chi connectivity index (χ3v) is 4.43. The minimum absolute atomic E-state index is 0.101. The van der Waals surface area contributed by atoms with Crippen LogP contribution in [0.4, 0.5) is 4.79 Å². The van der Waals surface area contributed by atoms with E-state index in [9.17, 15) is 19.4 Å². The van der Waals surface area contributed by atoms with Crippen molar-refractivity contribution in [2.75, 3.05) is 6.61 Å². The van der Waals surface area contributed by atoms with Crippen molar-refractivity contribution in [1.29, 1.82) is 0 Å². The lowest BCUT2D eigenvalue weighted by Gasteiger charge is -2.29. The predicted octanol–water partition coefficient (Wildman–Crippen LogP) is 1.81. The summed E-state index contributed by atoms with van der Waals surface area (Å²) < 4.78 is 14.6. The Morgan fingerprint density at radius 1 is 1.29 bits per heavy atom. The number of carbonyl (C=O) groups is 3. The van der Waals surface area contributed by atoms with Gasteiger partial charge >= 0.3 is 19.0 Å². The Morgan fingerprint density at radius 3 is 2.71 bits per heavy atom. The Kier molecular flexibility index (Phi) is 7.86. The zero-order valence-electron chi connectivity index (χ0n) is 16.4. The monoisotopic (exact) mass is 391 g/mol. The number of esters is 1. The number of nitrogens with one attached hydrogen (secondary N) is 1. The van der Waals surface area contributed by atoms with Gasteiger partial charge in [-0.15, -0.1) is 0 Å². The quantitative estimate of drug-likeness (QED) is 0.414. The molecule has 0 aliphatic carbocycles. The van der Waals surface area contributed by atoms with Gasteiger partial charge in [0.1, 0.15) is 0 Å². The summed E-state index contributed by atoms with van der Waals surface area (Å²) in [5.74, 6) is -1.16. The second-order valence-electron chi connectivity index (χ2n) is 6.62. The molecule has 1 aromatic carbocycles. The number of fused-ring (bicyclic) bond motifs is 1. The highest BCUT2D eigenvalue weighted by Gasteiger charge is 2.34. The first-order chi connectivity index (χ1) is 13.3. The van der Waals surface area contributed by atoms with Crippen molar-refractivity contribution in [2.45, 2.75) is 58.6 Å². The van der Waals surface area contributed by atoms with Gasteiger partial charge in [0.25, 0.3) is 0 Å². The van der Waals surface area contributed by atoms with Crippen molar-refractivity contribution < 1.29 is 33.6 Å². The van der Waals surface area contributed by atoms with Crippen LogP contribution in [0, 0.1) is 0 Å². The molecule has 0 fully saturated rings. The first-order valence-corrected chi connectivity index (χ1v) is 9.48. The SMILES string of the molecule is CCCC(=O)N[C@H]1Cc2cccc(C(=O)OC(C)OC(=O)OCC)c2CB1O. The van der Waals surface area contributed by atoms with Gasteiger partial charge in [-0.3, -0.25) is 4.79 Å². The molecular weight excluding hydrogens is 365 g/mol. The van der Waals surface area contributed by atoms with Crippen molar-refractivity contribution in [2.24, 2.45) is 0 Å². The van der Waals surface area contributed by atoms with E-state index in [0.29, 0.717) is 24.0 Å². The van der Waals surface area contributed by atoms with Gasteiger partial charge < -0.3 is 24.6 Å². The maximum absolute atomic E-state index is 12.5. The average Bonchev–Trinajstić information content (AvgIpc) is 2.62. The number of amides is 1. The molecule has 9 heteroatoms. The fourth-order valence-corrected chi connectivity index (χ4v) is 3.16. The molecule has 0 spiro atoms. The molecule has 1 aliphatic rings. The van der Waals surface area contributed by atoms with Crippen molar-refractivity contribution in [1.82, 2.24) is 5.32 Å². The van der Waals surface area contributed by atoms with E-state index in [2.05, 4.69) is 10.1 Å². The number of hydrogen-bond acceptors (Lipinski definition) is 7. The Labute approximate surface area is 164 Å². The maximum atomic E-state index is 12.5. The van der Waals surface area contributed by atoms with E-state index in [-0.39, 0.29) is 18.8 Å². The molecule has 1 aliphatic heterocycles. The number of benzene rings is 1. The minimum Gasteiger partial charge on any atom is -0.448 e. The van der Waals surface area contributed by atoms with E-state index in [1.165, 1.54) is 6.92 Å². The van der Waals surface area contributed by atoms with Crippen LogP contribution in [0.1, 0.15) is 55.1 Å². The molecule has 28 heavy (non-hydrogen) atoms. The largest absolute Gasteiger partial charge is 0.511 e. The lowest BCUT2D eigenvalue weighted by Crippen LogP contribution is -2.51. The normalized spacial score (nSPS) is 16.6. The molecule has 0 saturated heterocycles. The topological polar surface area (TPSA) is 111 Å². The predicted molar refractivity (Wildman–Crippen MR) is 102 cm³/mol. The third kappa shape index (κ3) is 5.72. The number of hydrogen-bond donors (Lipinski definition) is 2. The fourth-order valence-electron chi connectivity index (χ4n) is 3.16. The van der Waals surface area contributed by atoms with Crippen LogP contribution in [-0.4, -0.2) is 48.8 Å². The lowest BCUT2D eigenvalue weighted by atomic mass is 9.50. The average molecular weight is 391 g/mol. The van der Waals surface area contributed by atoms with Gasteiger partial charge in [0.2, 0.25) is 12.2 Å². The summed E-state index contributed by atoms with van der Waals surface area (Å²) in [4.78, 5) is 35.7. The molecule has 8 nitrogen and oxygen atoms in total. The minimum atomic E-state index is -1.11. The van der Waals surface area contributed by atoms with Gasteiger partial charge in [0.15, 0.2) is 0 Å². The van der Waals surface area contributed by atoms with Gasteiger partial charge in [-0.1, -0.05) is 19.1 Å². The summed E-state index contributed by atoms with van der Waals surface area (Å²) in [5, 5.41) is 13.3. The molecule has 1 amide bonds. The summed E-state index contributed by atoms with van der Waals surface area (Å²) >= 11 is 0. The first-order valence-electron chi connectivity index (χ1n) is 9.48. The van der Waals surface area contributed by atoms with Crippen LogP contribution < -0.4 is 5.32 Å². The number of ether oxygens (including phenoxy) is 3. The molecule has 2 N–H and O–H groups in total. The molecule has 0 radical (unpaired) electrons. The molecule has 0 aromatic heterocycles. The molecular formula is C19H26BNO7. The standard InChI is InChI=1S/C19H26BNO7/c1-4-7-17(22)21-16-10-13-8-6-9-14(15(13)11-20(16)25)18(23)27-12(3)28-19(24)26-5-2/h6,8-9,12,16,25H,4-5,7,10-11H2,1-3H3,(H,21,22)/t12?,16-/m0/s1. The Balaban J connectivity index is 2.08. The van der Waals surface area contributed by atoms with Crippen LogP contribution in [0.5, 0.6) is 0 Å². The zero-order valence-corrected chi connectivity index (χ0v) is 16.4. The van der Waals surface area contributed by atoms with E-state index in [1.807, 2.05) is 13.0 Å². The highest BCUT2D eigenvalue weighted by atomic mass is 16.8. The lowest BCUT2D eigenvalue weighted by molar-refractivity contribution is -0.121. The highest BCUT2D eigenvalue weighted by Crippen LogP contribution is 2.25. The molecule has 2 rings (SSSR count). The molecule has 2 atom stereocenters. The number of rotatable bonds is 7. The molecule has 0 saturated carbocycles. The van der Waals surface area contributed by atoms with Gasteiger partial charge in [-0.05, 0) is 43.3 Å². The summed E-state index contributed by atoms with van der Waals surface area (Å²) in [5.41, 5.74) is 1.83. The maximum Gasteiger partial charge on any atom is 0.511 e. The summed E-state index contributed by atoms with van der Waals surface area (Å²) in [7, 11) is 0. The van der Waals surface area contributed by atoms with Crippen molar-refractivity contribution in [3.63, 3.8) is 0 Å². The molecule has 152 valence electrons. The van der Waals surface area contributed by atoms with E-state index in [4.69, 9.17) is 9.47 Å². The van der Waals surface area contributed by atoms with E-state index in [0.717, 1.165) is 12.0 Å². The van der Waals surface area contributed by atoms with Crippen LogP contribution >= 0.6 is 0 Å². The molecule has 0 bridgehead atoms. The highest BCUT2D eigenvalue weighted by molar-refractivity contribution is 6.52. The van der Waals surface area contributed by atoms with Crippen LogP contribution in [-0.2, 0) is 31.7 Å². The summed E-state index contributed by atoms with van der Waals surface area (Å²) in [6.07, 6.45) is -0.267. The van der Waals surface area contributed by atoms with Crippen molar-refractivity contribution in [3.8, 4) is 0 Å². The smallest absolute Gasteiger partial charge is 0.448 e. The second-order valence-corrected chi connectivity index (χ2v) is 6.62. The Bertz CT molecular complexity index is 724. The van der Waals surface area contributed by atoms with E-state index < -0.39 is 31.3 Å². The Hall–Kier alpha value is -2.55. The van der Waals surface area contributed by atoms with Crippen LogP contribution in [0.2, 0.25) is 0 Å². The second kappa shape index (κ2) is 10.1. The molecule has 1 aromatic rings. The summed E-state index contributed by atoms with van der Waals surface area (Å²) in [6.45, 7) is 4.31. The van der Waals surface area contributed by atoms with Gasteiger partial charge in [0.05, 0.1) is 12.2 Å². The Morgan fingerprint density at radius 2 is 2.04 bits per heavy atom. The van der Waals surface area contributed by atoms with E-state index >= 15 is 0 Å². The van der Waals surface area contributed by atoms with Gasteiger partial charge in [0, 0.05) is 19.3 Å². The van der Waals surface area contributed by atoms with Crippen molar-refractivity contribution >= 4 is 24.9 Å². The van der Waals surface area contributed by atoms with Crippen molar-refractivity contribution in [3.05, 3.63) is 34.9 Å². The van der Waals surface area contributed by atoms with Crippen LogP contribution in [0.25, 0.3) is 0 Å². The van der Waals surface area contributed by atoms with Crippen LogP contribution in [0.3, 0.4) is 0 Å². The molecule has 1 unspecified atom stereocenters. The van der Waals surface area contributed by atoms with Crippen LogP contribution in [0.15, 0.2) is 18.2 Å². The number of carbonyl (C=O) groups excluding carboxylic acids is 3. The fraction of sp³-hybridized carbons (Fsp3) is 0.526. The first kappa shape index (κ1) is 21.8. The summed E-state index contributed by atoms with van der Waals surface area (Å²) in [6, 6.07) is 5.17. The van der Waals surface area contributed by atoms with Gasteiger partial charge in [-0.25, -0.2) is 9.59 Å². The third-order valence-electron chi connectivity index (χ3n) is 4.43. The molecule has 1 heterocycles. The van der Waals surface area contributed by atoms with Gasteiger partial charge in [-0.2, -0.15) is 0 Å². The van der Waals surface area contributed by atoms with E-state index in [1.54, 1.807) is 19.1 Å². The zero-order chi connectivity index (χ0) is 20.7.